The van der Waals surface area contributed by atoms with Gasteiger partial charge in [-0.2, -0.15) is 0 Å². The highest BCUT2D eigenvalue weighted by molar-refractivity contribution is 6.17. The third kappa shape index (κ3) is 1.99. The first-order valence-corrected chi connectivity index (χ1v) is 5.31. The van der Waals surface area contributed by atoms with E-state index in [1.807, 2.05) is 0 Å². The topological polar surface area (TPSA) is 38.9 Å². The van der Waals surface area contributed by atoms with Crippen molar-refractivity contribution in [3.63, 3.8) is 0 Å². The van der Waals surface area contributed by atoms with Gasteiger partial charge in [-0.25, -0.2) is 9.37 Å². The highest BCUT2D eigenvalue weighted by atomic mass is 35.5. The van der Waals surface area contributed by atoms with Crippen LogP contribution in [0.5, 0.6) is 0 Å². The maximum Gasteiger partial charge on any atom is 0.131 e. The summed E-state index contributed by atoms with van der Waals surface area (Å²) in [6.07, 6.45) is 1.55. The molecule has 0 atom stereocenters. The van der Waals surface area contributed by atoms with Gasteiger partial charge in [0.25, 0.3) is 0 Å². The first-order valence-electron chi connectivity index (χ1n) is 4.77. The molecule has 0 fully saturated rings. The number of hydrogen-bond acceptors (Lipinski definition) is 2. The van der Waals surface area contributed by atoms with Gasteiger partial charge in [0.1, 0.15) is 11.6 Å². The maximum atomic E-state index is 13.6. The molecular weight excluding hydrogens is 227 g/mol. The van der Waals surface area contributed by atoms with Gasteiger partial charge in [0.05, 0.1) is 0 Å². The molecule has 0 saturated carbocycles. The van der Waals surface area contributed by atoms with Crippen molar-refractivity contribution in [2.45, 2.75) is 5.88 Å². The molecule has 0 unspecified atom stereocenters. The Balaban J connectivity index is 2.60. The second kappa shape index (κ2) is 4.49. The highest BCUT2D eigenvalue weighted by Gasteiger charge is 2.09. The molecule has 0 aliphatic heterocycles. The molecule has 1 aromatic carbocycles. The molecule has 0 amide bonds. The lowest BCUT2D eigenvalue weighted by Crippen LogP contribution is -1.95. The minimum absolute atomic E-state index is 0.274. The predicted octanol–water partition coefficient (Wildman–Crippen LogP) is 3.21. The number of alkyl halides is 1. The summed E-state index contributed by atoms with van der Waals surface area (Å²) in [5.74, 6) is 0.368. The number of benzene rings is 1. The van der Waals surface area contributed by atoms with Gasteiger partial charge in [-0.05, 0) is 17.7 Å². The van der Waals surface area contributed by atoms with E-state index < -0.39 is 0 Å². The predicted molar refractivity (Wildman–Crippen MR) is 63.6 cm³/mol. The fourth-order valence-electron chi connectivity index (χ4n) is 1.55. The summed E-state index contributed by atoms with van der Waals surface area (Å²) in [6.45, 7) is 0. The third-order valence-corrected chi connectivity index (χ3v) is 2.61. The Morgan fingerprint density at radius 2 is 2.00 bits per heavy atom. The van der Waals surface area contributed by atoms with E-state index in [1.54, 1.807) is 30.5 Å². The maximum absolute atomic E-state index is 13.6. The molecule has 0 bridgehead atoms. The Bertz CT molecular complexity index is 514. The van der Waals surface area contributed by atoms with Crippen molar-refractivity contribution in [1.82, 2.24) is 4.98 Å². The molecule has 1 aromatic heterocycles. The SMILES string of the molecule is Nc1cc(CCl)c(-c2ccccc2F)cn1. The summed E-state index contributed by atoms with van der Waals surface area (Å²) in [6, 6.07) is 8.17. The van der Waals surface area contributed by atoms with Crippen molar-refractivity contribution in [3.05, 3.63) is 47.9 Å². The first kappa shape index (κ1) is 10.9. The highest BCUT2D eigenvalue weighted by Crippen LogP contribution is 2.27. The number of nitrogens with two attached hydrogens (primary N) is 1. The monoisotopic (exact) mass is 236 g/mol. The number of nitrogen functional groups attached to an aromatic ring is 1. The summed E-state index contributed by atoms with van der Waals surface area (Å²) >= 11 is 5.80. The van der Waals surface area contributed by atoms with Crippen LogP contribution in [0.15, 0.2) is 36.5 Å². The van der Waals surface area contributed by atoms with Crippen molar-refractivity contribution in [3.8, 4) is 11.1 Å². The quantitative estimate of drug-likeness (QED) is 0.814. The Kier molecular flexibility index (Phi) is 3.06. The summed E-state index contributed by atoms with van der Waals surface area (Å²) in [4.78, 5) is 3.96. The Labute approximate surface area is 97.9 Å². The molecule has 0 aliphatic carbocycles. The lowest BCUT2D eigenvalue weighted by Gasteiger charge is -2.08. The average Bonchev–Trinajstić information content (AvgIpc) is 2.30. The zero-order valence-electron chi connectivity index (χ0n) is 8.45. The van der Waals surface area contributed by atoms with Gasteiger partial charge in [-0.1, -0.05) is 18.2 Å². The van der Waals surface area contributed by atoms with Crippen LogP contribution in [0.4, 0.5) is 10.2 Å². The number of anilines is 1. The number of pyridine rings is 1. The van der Waals surface area contributed by atoms with E-state index in [4.69, 9.17) is 17.3 Å². The molecule has 0 spiro atoms. The van der Waals surface area contributed by atoms with Crippen LogP contribution in [-0.4, -0.2) is 4.98 Å². The summed E-state index contributed by atoms with van der Waals surface area (Å²) in [5.41, 5.74) is 7.51. The fourth-order valence-corrected chi connectivity index (χ4v) is 1.77. The zero-order valence-corrected chi connectivity index (χ0v) is 9.21. The molecule has 2 rings (SSSR count). The fraction of sp³-hybridized carbons (Fsp3) is 0.0833. The first-order chi connectivity index (χ1) is 7.72. The number of halogens is 2. The molecule has 2 nitrogen and oxygen atoms in total. The minimum atomic E-state index is -0.291. The molecule has 82 valence electrons. The Morgan fingerprint density at radius 1 is 1.25 bits per heavy atom. The van der Waals surface area contributed by atoms with E-state index in [0.717, 1.165) is 5.56 Å². The second-order valence-corrected chi connectivity index (χ2v) is 3.65. The molecule has 2 N–H and O–H groups in total. The second-order valence-electron chi connectivity index (χ2n) is 3.38. The Hall–Kier alpha value is -1.61. The van der Waals surface area contributed by atoms with Gasteiger partial charge in [-0.15, -0.1) is 11.6 Å². The van der Waals surface area contributed by atoms with E-state index >= 15 is 0 Å². The van der Waals surface area contributed by atoms with Gasteiger partial charge in [0.15, 0.2) is 0 Å². The molecule has 0 aliphatic rings. The van der Waals surface area contributed by atoms with Gasteiger partial charge >= 0.3 is 0 Å². The molecule has 16 heavy (non-hydrogen) atoms. The lowest BCUT2D eigenvalue weighted by atomic mass is 10.0. The van der Waals surface area contributed by atoms with Crippen LogP contribution in [0.1, 0.15) is 5.56 Å². The number of hydrogen-bond donors (Lipinski definition) is 1. The smallest absolute Gasteiger partial charge is 0.131 e. The zero-order chi connectivity index (χ0) is 11.5. The average molecular weight is 237 g/mol. The minimum Gasteiger partial charge on any atom is -0.384 e. The third-order valence-electron chi connectivity index (χ3n) is 2.32. The van der Waals surface area contributed by atoms with Crippen LogP contribution < -0.4 is 5.73 Å². The van der Waals surface area contributed by atoms with Gasteiger partial charge in [0.2, 0.25) is 0 Å². The van der Waals surface area contributed by atoms with Crippen LogP contribution in [0, 0.1) is 5.82 Å². The van der Waals surface area contributed by atoms with Gasteiger partial charge in [-0.3, -0.25) is 0 Å². The Morgan fingerprint density at radius 3 is 2.69 bits per heavy atom. The van der Waals surface area contributed by atoms with Crippen molar-refractivity contribution in [2.75, 3.05) is 5.73 Å². The van der Waals surface area contributed by atoms with E-state index in [9.17, 15) is 4.39 Å². The number of aromatic nitrogens is 1. The van der Waals surface area contributed by atoms with E-state index in [-0.39, 0.29) is 11.7 Å². The molecule has 4 heteroatoms. The van der Waals surface area contributed by atoms with Crippen LogP contribution in [0.25, 0.3) is 11.1 Å². The van der Waals surface area contributed by atoms with Gasteiger partial charge in [0, 0.05) is 23.2 Å². The lowest BCUT2D eigenvalue weighted by molar-refractivity contribution is 0.631. The largest absolute Gasteiger partial charge is 0.384 e. The molecule has 0 radical (unpaired) electrons. The molecule has 0 saturated heterocycles. The van der Waals surface area contributed by atoms with E-state index in [1.165, 1.54) is 6.07 Å². The number of rotatable bonds is 2. The number of nitrogens with zero attached hydrogens (tertiary/aromatic N) is 1. The van der Waals surface area contributed by atoms with Crippen LogP contribution in [0.3, 0.4) is 0 Å². The van der Waals surface area contributed by atoms with Crippen LogP contribution in [0.2, 0.25) is 0 Å². The molecule has 2 aromatic rings. The van der Waals surface area contributed by atoms with Crippen molar-refractivity contribution in [1.29, 1.82) is 0 Å². The van der Waals surface area contributed by atoms with Crippen LogP contribution in [-0.2, 0) is 5.88 Å². The summed E-state index contributed by atoms with van der Waals surface area (Å²) in [5, 5.41) is 0. The van der Waals surface area contributed by atoms with Crippen LogP contribution >= 0.6 is 11.6 Å². The summed E-state index contributed by atoms with van der Waals surface area (Å²) in [7, 11) is 0. The molecule has 1 heterocycles. The summed E-state index contributed by atoms with van der Waals surface area (Å²) < 4.78 is 13.6. The van der Waals surface area contributed by atoms with E-state index in [0.29, 0.717) is 16.9 Å². The van der Waals surface area contributed by atoms with Crippen molar-refractivity contribution in [2.24, 2.45) is 0 Å². The van der Waals surface area contributed by atoms with E-state index in [2.05, 4.69) is 4.98 Å². The van der Waals surface area contributed by atoms with Crippen molar-refractivity contribution < 1.29 is 4.39 Å². The molecular formula is C12H10ClFN2. The van der Waals surface area contributed by atoms with Gasteiger partial charge < -0.3 is 5.73 Å². The standard InChI is InChI=1S/C12H10ClFN2/c13-6-8-5-12(15)16-7-10(8)9-3-1-2-4-11(9)14/h1-5,7H,6H2,(H2,15,16). The normalized spacial score (nSPS) is 10.4. The van der Waals surface area contributed by atoms with Crippen molar-refractivity contribution >= 4 is 17.4 Å².